The number of carbonyl (C=O) groups excluding carboxylic acids is 4. The van der Waals surface area contributed by atoms with Gasteiger partial charge in [-0.1, -0.05) is 48.0 Å². The topological polar surface area (TPSA) is 115 Å². The van der Waals surface area contributed by atoms with Gasteiger partial charge in [0.25, 0.3) is 23.6 Å². The number of anilines is 1. The average molecular weight is 595 g/mol. The number of aromatic hydroxyl groups is 1. The summed E-state index contributed by atoms with van der Waals surface area (Å²) in [6, 6.07) is 15.1. The van der Waals surface area contributed by atoms with Gasteiger partial charge in [-0.05, 0) is 48.4 Å². The monoisotopic (exact) mass is 594 g/mol. The zero-order valence-corrected chi connectivity index (χ0v) is 22.6. The second kappa shape index (κ2) is 8.61. The lowest BCUT2D eigenvalue weighted by atomic mass is 9.56. The Kier molecular flexibility index (Phi) is 5.49. The van der Waals surface area contributed by atoms with Crippen LogP contribution in [0.5, 0.6) is 5.75 Å². The molecule has 3 aromatic carbocycles. The third kappa shape index (κ3) is 3.19. The molecular weight excluding hydrogens is 574 g/mol. The summed E-state index contributed by atoms with van der Waals surface area (Å²) < 4.78 is 13.7. The normalized spacial score (nSPS) is 32.7. The molecular formula is C30H21Cl2FN2O6. The van der Waals surface area contributed by atoms with Crippen LogP contribution < -0.4 is 4.90 Å². The summed E-state index contributed by atoms with van der Waals surface area (Å²) >= 11 is 14.5. The third-order valence-electron chi connectivity index (χ3n) is 9.12. The number of benzene rings is 3. The number of hydroxylamine groups is 2. The number of alkyl halides is 2. The van der Waals surface area contributed by atoms with Crippen LogP contribution in [-0.2, 0) is 19.2 Å². The fraction of sp³-hybridized carbons (Fsp3) is 0.267. The van der Waals surface area contributed by atoms with Gasteiger partial charge in [-0.3, -0.25) is 24.4 Å². The van der Waals surface area contributed by atoms with E-state index in [0.717, 1.165) is 17.0 Å². The highest BCUT2D eigenvalue weighted by molar-refractivity contribution is 6.58. The van der Waals surface area contributed by atoms with Crippen LogP contribution in [0.2, 0.25) is 0 Å². The van der Waals surface area contributed by atoms with Crippen LogP contribution >= 0.6 is 23.2 Å². The molecule has 4 aliphatic rings. The number of hydrogen-bond donors (Lipinski definition) is 2. The molecule has 2 saturated heterocycles. The summed E-state index contributed by atoms with van der Waals surface area (Å²) in [5, 5.41) is 23.0. The molecule has 0 radical (unpaired) electrons. The number of phenols is 1. The molecule has 0 spiro atoms. The number of imide groups is 2. The lowest BCUT2D eigenvalue weighted by molar-refractivity contribution is -0.173. The molecule has 6 atom stereocenters. The minimum absolute atomic E-state index is 0.0563. The Balaban J connectivity index is 1.48. The van der Waals surface area contributed by atoms with E-state index >= 15 is 0 Å². The molecule has 4 amide bonds. The van der Waals surface area contributed by atoms with E-state index in [1.54, 1.807) is 42.5 Å². The molecule has 2 N–H and O–H groups in total. The van der Waals surface area contributed by atoms with Crippen LogP contribution in [0.3, 0.4) is 0 Å². The molecule has 6 unspecified atom stereocenters. The van der Waals surface area contributed by atoms with E-state index in [-0.39, 0.29) is 34.9 Å². The molecule has 7 rings (SSSR count). The van der Waals surface area contributed by atoms with Crippen molar-refractivity contribution in [2.75, 3.05) is 4.90 Å². The Morgan fingerprint density at radius 2 is 1.59 bits per heavy atom. The van der Waals surface area contributed by atoms with Crippen molar-refractivity contribution in [1.29, 1.82) is 0 Å². The molecule has 3 aromatic rings. The van der Waals surface area contributed by atoms with E-state index in [0.29, 0.717) is 16.3 Å². The Morgan fingerprint density at radius 3 is 2.32 bits per heavy atom. The minimum Gasteiger partial charge on any atom is -0.507 e. The molecule has 2 heterocycles. The van der Waals surface area contributed by atoms with E-state index in [9.17, 15) is 33.9 Å². The molecule has 0 bridgehead atoms. The summed E-state index contributed by atoms with van der Waals surface area (Å²) in [4.78, 5) is 50.8. The third-order valence-corrected chi connectivity index (χ3v) is 10.5. The fourth-order valence-electron chi connectivity index (χ4n) is 7.23. The SMILES string of the molecule is O=C1C2CC=C3C(CC4(Cl)C(=O)N(c5ccc(F)cc5)C(=O)C4(Cl)C3c3ccc4ccccc4c3O)C2C(=O)N1O. The first-order valence-corrected chi connectivity index (χ1v) is 13.8. The van der Waals surface area contributed by atoms with Crippen molar-refractivity contribution in [3.8, 4) is 5.75 Å². The van der Waals surface area contributed by atoms with Gasteiger partial charge in [0, 0.05) is 16.9 Å². The smallest absolute Gasteiger partial charge is 0.258 e. The Bertz CT molecular complexity index is 1740. The summed E-state index contributed by atoms with van der Waals surface area (Å²) in [5.41, 5.74) is 0.750. The van der Waals surface area contributed by atoms with Crippen LogP contribution in [0.25, 0.3) is 10.8 Å². The number of allylic oxidation sites excluding steroid dienone is 2. The van der Waals surface area contributed by atoms with Gasteiger partial charge < -0.3 is 5.11 Å². The highest BCUT2D eigenvalue weighted by Gasteiger charge is 2.77. The Hall–Kier alpha value is -3.79. The molecule has 8 nitrogen and oxygen atoms in total. The van der Waals surface area contributed by atoms with E-state index in [4.69, 9.17) is 23.2 Å². The second-order valence-electron chi connectivity index (χ2n) is 11.0. The Morgan fingerprint density at radius 1 is 0.878 bits per heavy atom. The van der Waals surface area contributed by atoms with Gasteiger partial charge in [0.05, 0.1) is 17.5 Å². The summed E-state index contributed by atoms with van der Waals surface area (Å²) in [6.07, 6.45) is 1.49. The molecule has 1 saturated carbocycles. The predicted octanol–water partition coefficient (Wildman–Crippen LogP) is 4.64. The number of rotatable bonds is 2. The average Bonchev–Trinajstić information content (AvgIpc) is 3.27. The van der Waals surface area contributed by atoms with Gasteiger partial charge in [0.2, 0.25) is 0 Å². The number of amides is 4. The molecule has 208 valence electrons. The van der Waals surface area contributed by atoms with Crippen LogP contribution in [-0.4, -0.2) is 48.8 Å². The molecule has 2 aliphatic carbocycles. The number of fused-ring (bicyclic) bond motifs is 5. The molecule has 3 fully saturated rings. The van der Waals surface area contributed by atoms with Crippen LogP contribution in [0, 0.1) is 23.6 Å². The molecule has 41 heavy (non-hydrogen) atoms. The quantitative estimate of drug-likeness (QED) is 0.193. The van der Waals surface area contributed by atoms with Crippen molar-refractivity contribution in [2.24, 2.45) is 17.8 Å². The first kappa shape index (κ1) is 26.1. The van der Waals surface area contributed by atoms with Crippen molar-refractivity contribution < 1.29 is 33.9 Å². The maximum atomic E-state index is 14.3. The van der Waals surface area contributed by atoms with Gasteiger partial charge >= 0.3 is 0 Å². The molecule has 0 aromatic heterocycles. The number of carbonyl (C=O) groups is 4. The zero-order valence-electron chi connectivity index (χ0n) is 21.1. The second-order valence-corrected chi connectivity index (χ2v) is 12.2. The molecule has 11 heteroatoms. The first-order valence-electron chi connectivity index (χ1n) is 13.0. The number of halogens is 3. The summed E-state index contributed by atoms with van der Waals surface area (Å²) in [6.45, 7) is 0. The van der Waals surface area contributed by atoms with Crippen LogP contribution in [0.15, 0.2) is 72.3 Å². The van der Waals surface area contributed by atoms with Crippen molar-refractivity contribution in [3.63, 3.8) is 0 Å². The largest absolute Gasteiger partial charge is 0.507 e. The number of nitrogens with zero attached hydrogens (tertiary/aromatic N) is 2. The van der Waals surface area contributed by atoms with Gasteiger partial charge in [-0.15, -0.1) is 23.2 Å². The highest BCUT2D eigenvalue weighted by Crippen LogP contribution is 2.66. The van der Waals surface area contributed by atoms with Crippen LogP contribution in [0.4, 0.5) is 10.1 Å². The maximum absolute atomic E-state index is 14.3. The highest BCUT2D eigenvalue weighted by atomic mass is 35.5. The van der Waals surface area contributed by atoms with Crippen LogP contribution in [0.1, 0.15) is 24.3 Å². The minimum atomic E-state index is -2.17. The maximum Gasteiger partial charge on any atom is 0.258 e. The lowest BCUT2D eigenvalue weighted by Crippen LogP contribution is -2.60. The van der Waals surface area contributed by atoms with Crippen molar-refractivity contribution in [2.45, 2.75) is 28.5 Å². The zero-order chi connectivity index (χ0) is 29.0. The van der Waals surface area contributed by atoms with E-state index in [2.05, 4.69) is 0 Å². The fourth-order valence-corrected chi connectivity index (χ4v) is 8.16. The van der Waals surface area contributed by atoms with Crippen molar-refractivity contribution in [3.05, 3.63) is 83.7 Å². The van der Waals surface area contributed by atoms with Crippen molar-refractivity contribution >= 4 is 63.3 Å². The van der Waals surface area contributed by atoms with Gasteiger partial charge in [-0.2, -0.15) is 5.06 Å². The predicted molar refractivity (Wildman–Crippen MR) is 146 cm³/mol. The first-order chi connectivity index (χ1) is 19.5. The van der Waals surface area contributed by atoms with E-state index in [1.807, 2.05) is 0 Å². The van der Waals surface area contributed by atoms with Gasteiger partial charge in [0.15, 0.2) is 9.75 Å². The van der Waals surface area contributed by atoms with Gasteiger partial charge in [0.1, 0.15) is 11.6 Å². The van der Waals surface area contributed by atoms with Gasteiger partial charge in [-0.25, -0.2) is 9.29 Å². The van der Waals surface area contributed by atoms with E-state index < -0.39 is 62.9 Å². The summed E-state index contributed by atoms with van der Waals surface area (Å²) in [5.74, 6) is -8.03. The van der Waals surface area contributed by atoms with E-state index in [1.165, 1.54) is 12.1 Å². The number of hydrogen-bond acceptors (Lipinski definition) is 6. The standard InChI is InChI=1S/C30H21Cl2FN2O6/c31-29-13-21-18(11-12-19-22(21)26(38)35(41)25(19)37)23(20-10-5-14-3-1-2-4-17(14)24(20)36)30(29,32)28(40)34(27(29)39)16-8-6-15(33)7-9-16/h1-11,19,21-23,36,41H,12-13H2. The number of phenolic OH excluding ortho intramolecular Hbond substituents is 1. The molecule has 2 aliphatic heterocycles. The van der Waals surface area contributed by atoms with Crippen molar-refractivity contribution in [1.82, 2.24) is 5.06 Å². The Labute approximate surface area is 242 Å². The lowest BCUT2D eigenvalue weighted by Gasteiger charge is -2.50. The summed E-state index contributed by atoms with van der Waals surface area (Å²) in [7, 11) is 0.